The van der Waals surface area contributed by atoms with Gasteiger partial charge in [-0.2, -0.15) is 0 Å². The van der Waals surface area contributed by atoms with Gasteiger partial charge in [0.1, 0.15) is 0 Å². The molecule has 17 heavy (non-hydrogen) atoms. The maximum atomic E-state index is 3.51. The minimum Gasteiger partial charge on any atom is -0.307 e. The van der Waals surface area contributed by atoms with Crippen LogP contribution in [0.4, 0.5) is 0 Å². The van der Waals surface area contributed by atoms with Crippen LogP contribution in [0.3, 0.4) is 0 Å². The third-order valence-corrected chi connectivity index (χ3v) is 2.95. The smallest absolute Gasteiger partial charge is 0.0294 e. The molecule has 1 atom stereocenters. The van der Waals surface area contributed by atoms with Crippen LogP contribution in [0, 0.1) is 0 Å². The molecule has 1 N–H and O–H groups in total. The predicted molar refractivity (Wildman–Crippen MR) is 76.3 cm³/mol. The van der Waals surface area contributed by atoms with Gasteiger partial charge in [-0.05, 0) is 38.3 Å². The van der Waals surface area contributed by atoms with Crippen LogP contribution in [-0.2, 0) is 6.42 Å². The monoisotopic (exact) mass is 231 g/mol. The van der Waals surface area contributed by atoms with Crippen LogP contribution in [0.5, 0.6) is 0 Å². The summed E-state index contributed by atoms with van der Waals surface area (Å²) in [6, 6.07) is 9.40. The highest BCUT2D eigenvalue weighted by molar-refractivity contribution is 5.24. The number of rotatable bonds is 6. The number of hydrogen-bond donors (Lipinski definition) is 1. The zero-order valence-electron chi connectivity index (χ0n) is 11.6. The Labute approximate surface area is 106 Å². The molecule has 0 radical (unpaired) electrons. The van der Waals surface area contributed by atoms with Crippen molar-refractivity contribution in [1.82, 2.24) is 5.32 Å². The summed E-state index contributed by atoms with van der Waals surface area (Å²) >= 11 is 0. The topological polar surface area (TPSA) is 12.0 Å². The first kappa shape index (κ1) is 14.0. The molecule has 1 unspecified atom stereocenters. The van der Waals surface area contributed by atoms with Gasteiger partial charge in [-0.3, -0.25) is 0 Å². The molecule has 0 fully saturated rings. The minimum absolute atomic E-state index is 0.418. The normalized spacial score (nSPS) is 12.2. The number of aryl methyl sites for hydroxylation is 1. The van der Waals surface area contributed by atoms with Gasteiger partial charge in [0.15, 0.2) is 0 Å². The molecule has 0 saturated carbocycles. The van der Waals surface area contributed by atoms with E-state index in [0.717, 1.165) is 6.54 Å². The van der Waals surface area contributed by atoms with Gasteiger partial charge in [0.05, 0.1) is 0 Å². The molecule has 1 aromatic carbocycles. The lowest BCUT2D eigenvalue weighted by atomic mass is 10.0. The molecule has 0 aromatic heterocycles. The van der Waals surface area contributed by atoms with E-state index in [2.05, 4.69) is 63.4 Å². The molecule has 1 nitrogen and oxygen atoms in total. The number of hydrogen-bond acceptors (Lipinski definition) is 1. The van der Waals surface area contributed by atoms with E-state index in [1.165, 1.54) is 29.5 Å². The van der Waals surface area contributed by atoms with Crippen molar-refractivity contribution in [2.45, 2.75) is 46.6 Å². The van der Waals surface area contributed by atoms with Crippen LogP contribution >= 0.6 is 0 Å². The summed E-state index contributed by atoms with van der Waals surface area (Å²) in [5.74, 6) is 0. The SMILES string of the molecule is CCCc1ccc(C(C)NCC=C(C)C)cc1. The van der Waals surface area contributed by atoms with Crippen molar-refractivity contribution in [2.75, 3.05) is 6.54 Å². The van der Waals surface area contributed by atoms with E-state index in [1.54, 1.807) is 0 Å². The molecule has 0 aliphatic heterocycles. The van der Waals surface area contributed by atoms with E-state index in [1.807, 2.05) is 0 Å². The zero-order valence-corrected chi connectivity index (χ0v) is 11.6. The van der Waals surface area contributed by atoms with Gasteiger partial charge in [-0.25, -0.2) is 0 Å². The van der Waals surface area contributed by atoms with Gasteiger partial charge < -0.3 is 5.32 Å². The van der Waals surface area contributed by atoms with E-state index < -0.39 is 0 Å². The maximum absolute atomic E-state index is 3.51. The van der Waals surface area contributed by atoms with Crippen LogP contribution in [-0.4, -0.2) is 6.54 Å². The molecule has 0 amide bonds. The zero-order chi connectivity index (χ0) is 12.7. The van der Waals surface area contributed by atoms with Crippen molar-refractivity contribution >= 4 is 0 Å². The predicted octanol–water partition coefficient (Wildman–Crippen LogP) is 4.26. The number of nitrogens with one attached hydrogen (secondary N) is 1. The second-order valence-electron chi connectivity index (χ2n) is 4.90. The Morgan fingerprint density at radius 3 is 2.41 bits per heavy atom. The van der Waals surface area contributed by atoms with Gasteiger partial charge in [0.2, 0.25) is 0 Å². The minimum atomic E-state index is 0.418. The highest BCUT2D eigenvalue weighted by atomic mass is 14.9. The molecule has 94 valence electrons. The van der Waals surface area contributed by atoms with Crippen LogP contribution < -0.4 is 5.32 Å². The number of benzene rings is 1. The Morgan fingerprint density at radius 1 is 1.24 bits per heavy atom. The standard InChI is InChI=1S/C16H25N/c1-5-6-15-7-9-16(10-8-15)14(4)17-12-11-13(2)3/h7-11,14,17H,5-6,12H2,1-4H3. The summed E-state index contributed by atoms with van der Waals surface area (Å²) in [4.78, 5) is 0. The quantitative estimate of drug-likeness (QED) is 0.721. The van der Waals surface area contributed by atoms with Gasteiger partial charge in [-0.1, -0.05) is 49.3 Å². The Kier molecular flexibility index (Phi) is 5.99. The first-order chi connectivity index (χ1) is 8.13. The molecular formula is C16H25N. The lowest BCUT2D eigenvalue weighted by Gasteiger charge is -2.13. The Hall–Kier alpha value is -1.08. The molecule has 0 heterocycles. The van der Waals surface area contributed by atoms with Crippen molar-refractivity contribution < 1.29 is 0 Å². The summed E-state index contributed by atoms with van der Waals surface area (Å²) in [5, 5.41) is 3.51. The van der Waals surface area contributed by atoms with Gasteiger partial charge >= 0.3 is 0 Å². The van der Waals surface area contributed by atoms with Crippen molar-refractivity contribution in [2.24, 2.45) is 0 Å². The molecule has 1 aromatic rings. The molecule has 0 bridgehead atoms. The largest absolute Gasteiger partial charge is 0.307 e. The molecule has 0 spiro atoms. The van der Waals surface area contributed by atoms with E-state index in [0.29, 0.717) is 6.04 Å². The molecule has 1 rings (SSSR count). The summed E-state index contributed by atoms with van der Waals surface area (Å²) < 4.78 is 0. The van der Waals surface area contributed by atoms with Crippen LogP contribution in [0.15, 0.2) is 35.9 Å². The average Bonchev–Trinajstić information content (AvgIpc) is 2.30. The van der Waals surface area contributed by atoms with Crippen LogP contribution in [0.2, 0.25) is 0 Å². The van der Waals surface area contributed by atoms with E-state index in [-0.39, 0.29) is 0 Å². The second-order valence-corrected chi connectivity index (χ2v) is 4.90. The molecule has 1 heteroatoms. The summed E-state index contributed by atoms with van der Waals surface area (Å²) in [6.07, 6.45) is 4.62. The Bertz CT molecular complexity index is 344. The van der Waals surface area contributed by atoms with Crippen LogP contribution in [0.25, 0.3) is 0 Å². The fourth-order valence-electron chi connectivity index (χ4n) is 1.82. The first-order valence-corrected chi connectivity index (χ1v) is 6.59. The fourth-order valence-corrected chi connectivity index (χ4v) is 1.82. The lowest BCUT2D eigenvalue weighted by molar-refractivity contribution is 0.616. The van der Waals surface area contributed by atoms with Gasteiger partial charge in [-0.15, -0.1) is 0 Å². The first-order valence-electron chi connectivity index (χ1n) is 6.59. The van der Waals surface area contributed by atoms with Crippen LogP contribution in [0.1, 0.15) is 51.3 Å². The third-order valence-electron chi connectivity index (χ3n) is 2.95. The molecule has 0 saturated heterocycles. The highest BCUT2D eigenvalue weighted by Gasteiger charge is 2.03. The molecule has 0 aliphatic carbocycles. The van der Waals surface area contributed by atoms with E-state index >= 15 is 0 Å². The Balaban J connectivity index is 2.51. The summed E-state index contributed by atoms with van der Waals surface area (Å²) in [5.41, 5.74) is 4.17. The van der Waals surface area contributed by atoms with Crippen molar-refractivity contribution in [3.05, 3.63) is 47.0 Å². The second kappa shape index (κ2) is 7.29. The lowest BCUT2D eigenvalue weighted by Crippen LogP contribution is -2.18. The van der Waals surface area contributed by atoms with Gasteiger partial charge in [0, 0.05) is 12.6 Å². The van der Waals surface area contributed by atoms with Crippen molar-refractivity contribution in [1.29, 1.82) is 0 Å². The molecular weight excluding hydrogens is 206 g/mol. The summed E-state index contributed by atoms with van der Waals surface area (Å²) in [6.45, 7) is 9.64. The molecule has 0 aliphatic rings. The van der Waals surface area contributed by atoms with E-state index in [9.17, 15) is 0 Å². The maximum Gasteiger partial charge on any atom is 0.0294 e. The fraction of sp³-hybridized carbons (Fsp3) is 0.500. The summed E-state index contributed by atoms with van der Waals surface area (Å²) in [7, 11) is 0. The number of allylic oxidation sites excluding steroid dienone is 1. The van der Waals surface area contributed by atoms with Gasteiger partial charge in [0.25, 0.3) is 0 Å². The van der Waals surface area contributed by atoms with Crippen molar-refractivity contribution in [3.8, 4) is 0 Å². The highest BCUT2D eigenvalue weighted by Crippen LogP contribution is 2.14. The average molecular weight is 231 g/mol. The van der Waals surface area contributed by atoms with Crippen molar-refractivity contribution in [3.63, 3.8) is 0 Å². The third kappa shape index (κ3) is 5.18. The Morgan fingerprint density at radius 2 is 1.88 bits per heavy atom. The van der Waals surface area contributed by atoms with E-state index in [4.69, 9.17) is 0 Å².